The normalized spacial score (nSPS) is 10.4. The zero-order valence-corrected chi connectivity index (χ0v) is 8.94. The average Bonchev–Trinajstić information content (AvgIpc) is 2.31. The van der Waals surface area contributed by atoms with Crippen molar-refractivity contribution in [1.29, 1.82) is 0 Å². The Hall–Kier alpha value is -2.10. The number of hydrogen-bond donors (Lipinski definition) is 0. The molecule has 4 heteroatoms. The summed E-state index contributed by atoms with van der Waals surface area (Å²) in [6.45, 7) is 1.80. The summed E-state index contributed by atoms with van der Waals surface area (Å²) in [5, 5.41) is 0.392. The van der Waals surface area contributed by atoms with Gasteiger partial charge in [0.1, 0.15) is 17.6 Å². The molecule has 0 aliphatic rings. The third kappa shape index (κ3) is 1.39. The van der Waals surface area contributed by atoms with Crippen molar-refractivity contribution in [3.05, 3.63) is 39.7 Å². The molecular weight excluding hydrogens is 208 g/mol. The van der Waals surface area contributed by atoms with Crippen LogP contribution >= 0.6 is 0 Å². The summed E-state index contributed by atoms with van der Waals surface area (Å²) < 4.78 is 10.4. The van der Waals surface area contributed by atoms with Crippen LogP contribution in [0.1, 0.15) is 15.9 Å². The molecule has 0 fully saturated rings. The number of hydrogen-bond acceptors (Lipinski definition) is 4. The van der Waals surface area contributed by atoms with Crippen LogP contribution in [0.2, 0.25) is 0 Å². The summed E-state index contributed by atoms with van der Waals surface area (Å²) in [5.41, 5.74) is 0.906. The van der Waals surface area contributed by atoms with E-state index in [2.05, 4.69) is 0 Å². The molecule has 0 atom stereocenters. The maximum Gasteiger partial charge on any atom is 0.203 e. The van der Waals surface area contributed by atoms with Crippen LogP contribution in [0.4, 0.5) is 0 Å². The first-order chi connectivity index (χ1) is 7.69. The van der Waals surface area contributed by atoms with Crippen molar-refractivity contribution in [2.24, 2.45) is 0 Å². The minimum absolute atomic E-state index is 0.0251. The molecule has 2 aromatic rings. The molecule has 0 unspecified atom stereocenters. The van der Waals surface area contributed by atoms with Gasteiger partial charge in [-0.1, -0.05) is 0 Å². The molecule has 16 heavy (non-hydrogen) atoms. The molecule has 1 aromatic carbocycles. The van der Waals surface area contributed by atoms with Gasteiger partial charge in [-0.2, -0.15) is 0 Å². The van der Waals surface area contributed by atoms with Crippen LogP contribution in [0.15, 0.2) is 27.6 Å². The third-order valence-electron chi connectivity index (χ3n) is 2.51. The molecule has 1 aromatic heterocycles. The average molecular weight is 218 g/mol. The molecule has 0 aliphatic heterocycles. The molecule has 0 radical (unpaired) electrons. The Balaban J connectivity index is 2.89. The molecule has 0 amide bonds. The number of ether oxygens (including phenoxy) is 1. The highest BCUT2D eigenvalue weighted by Crippen LogP contribution is 2.25. The maximum absolute atomic E-state index is 11.8. The molecule has 0 aliphatic carbocycles. The van der Waals surface area contributed by atoms with Gasteiger partial charge in [0.25, 0.3) is 0 Å². The van der Waals surface area contributed by atoms with Gasteiger partial charge in [0.2, 0.25) is 5.43 Å². The van der Waals surface area contributed by atoms with Gasteiger partial charge in [0.05, 0.1) is 18.1 Å². The number of carbonyl (C=O) groups excluding carboxylic acids is 1. The van der Waals surface area contributed by atoms with Crippen molar-refractivity contribution in [3.8, 4) is 5.75 Å². The first-order valence-corrected chi connectivity index (χ1v) is 4.73. The molecular formula is C12H10O4. The highest BCUT2D eigenvalue weighted by Gasteiger charge is 2.11. The summed E-state index contributed by atoms with van der Waals surface area (Å²) in [6, 6.07) is 3.28. The molecule has 0 bridgehead atoms. The second-order valence-corrected chi connectivity index (χ2v) is 3.41. The number of methoxy groups -OCH3 is 1. The number of fused-ring (bicyclic) bond motifs is 1. The number of carbonyl (C=O) groups is 1. The van der Waals surface area contributed by atoms with Gasteiger partial charge in [0, 0.05) is 5.56 Å². The number of rotatable bonds is 2. The van der Waals surface area contributed by atoms with E-state index in [1.165, 1.54) is 6.26 Å². The summed E-state index contributed by atoms with van der Waals surface area (Å²) in [6.07, 6.45) is 1.66. The largest absolute Gasteiger partial charge is 0.496 e. The lowest BCUT2D eigenvalue weighted by Crippen LogP contribution is -2.08. The van der Waals surface area contributed by atoms with Crippen LogP contribution in [0.5, 0.6) is 5.75 Å². The fourth-order valence-corrected chi connectivity index (χ4v) is 1.64. The monoisotopic (exact) mass is 218 g/mol. The van der Waals surface area contributed by atoms with E-state index in [4.69, 9.17) is 9.15 Å². The molecule has 0 saturated carbocycles. The van der Waals surface area contributed by atoms with E-state index in [1.807, 2.05) is 0 Å². The molecule has 0 N–H and O–H groups in total. The Kier molecular flexibility index (Phi) is 2.48. The smallest absolute Gasteiger partial charge is 0.203 e. The van der Waals surface area contributed by atoms with Gasteiger partial charge < -0.3 is 9.15 Å². The van der Waals surface area contributed by atoms with Gasteiger partial charge >= 0.3 is 0 Å². The summed E-state index contributed by atoms with van der Waals surface area (Å²) in [5.74, 6) is 0.648. The van der Waals surface area contributed by atoms with Gasteiger partial charge in [-0.25, -0.2) is 0 Å². The Morgan fingerprint density at radius 2 is 2.12 bits per heavy atom. The lowest BCUT2D eigenvalue weighted by molar-refractivity contribution is 0.112. The summed E-state index contributed by atoms with van der Waals surface area (Å²) in [4.78, 5) is 22.4. The lowest BCUT2D eigenvalue weighted by atomic mass is 10.1. The van der Waals surface area contributed by atoms with Crippen molar-refractivity contribution >= 4 is 17.3 Å². The van der Waals surface area contributed by atoms with Crippen molar-refractivity contribution in [2.75, 3.05) is 7.11 Å². The molecule has 82 valence electrons. The van der Waals surface area contributed by atoms with E-state index in [1.54, 1.807) is 26.2 Å². The fourth-order valence-electron chi connectivity index (χ4n) is 1.64. The van der Waals surface area contributed by atoms with Crippen LogP contribution in [0.25, 0.3) is 11.0 Å². The predicted molar refractivity (Wildman–Crippen MR) is 59.2 cm³/mol. The Bertz CT molecular complexity index is 610. The van der Waals surface area contributed by atoms with Crippen LogP contribution < -0.4 is 10.2 Å². The molecule has 1 heterocycles. The van der Waals surface area contributed by atoms with E-state index < -0.39 is 0 Å². The van der Waals surface area contributed by atoms with E-state index in [-0.39, 0.29) is 11.0 Å². The highest BCUT2D eigenvalue weighted by molar-refractivity contribution is 5.86. The third-order valence-corrected chi connectivity index (χ3v) is 2.51. The zero-order valence-electron chi connectivity index (χ0n) is 8.94. The fraction of sp³-hybridized carbons (Fsp3) is 0.167. The Labute approximate surface area is 91.4 Å². The van der Waals surface area contributed by atoms with Gasteiger partial charge in [-0.15, -0.1) is 0 Å². The summed E-state index contributed by atoms with van der Waals surface area (Å²) in [7, 11) is 1.55. The lowest BCUT2D eigenvalue weighted by Gasteiger charge is -2.06. The zero-order chi connectivity index (χ0) is 11.7. The first kappa shape index (κ1) is 10.4. The minimum atomic E-state index is -0.318. The first-order valence-electron chi connectivity index (χ1n) is 4.73. The molecule has 0 spiro atoms. The van der Waals surface area contributed by atoms with E-state index in [9.17, 15) is 9.59 Å². The second kappa shape index (κ2) is 3.81. The molecule has 4 nitrogen and oxygen atoms in total. The molecule has 0 saturated heterocycles. The topological polar surface area (TPSA) is 56.5 Å². The van der Waals surface area contributed by atoms with E-state index in [0.29, 0.717) is 23.0 Å². The van der Waals surface area contributed by atoms with Crippen LogP contribution in [-0.2, 0) is 0 Å². The van der Waals surface area contributed by atoms with Crippen molar-refractivity contribution in [3.63, 3.8) is 0 Å². The van der Waals surface area contributed by atoms with Crippen molar-refractivity contribution in [1.82, 2.24) is 0 Å². The molecule has 2 rings (SSSR count). The van der Waals surface area contributed by atoms with Crippen molar-refractivity contribution in [2.45, 2.75) is 6.92 Å². The number of benzene rings is 1. The van der Waals surface area contributed by atoms with Crippen LogP contribution in [0.3, 0.4) is 0 Å². The predicted octanol–water partition coefficient (Wildman–Crippen LogP) is 1.92. The SMILES string of the molecule is COc1ccc2c(=O)c(C=O)coc2c1C. The number of aryl methyl sites for hydroxylation is 1. The van der Waals surface area contributed by atoms with Gasteiger partial charge in [-0.3, -0.25) is 9.59 Å². The van der Waals surface area contributed by atoms with E-state index in [0.717, 1.165) is 5.56 Å². The Morgan fingerprint density at radius 1 is 1.38 bits per heavy atom. The van der Waals surface area contributed by atoms with Crippen LogP contribution in [0, 0.1) is 6.92 Å². The van der Waals surface area contributed by atoms with Crippen molar-refractivity contribution < 1.29 is 13.9 Å². The second-order valence-electron chi connectivity index (χ2n) is 3.41. The van der Waals surface area contributed by atoms with Gasteiger partial charge in [0.15, 0.2) is 6.29 Å². The minimum Gasteiger partial charge on any atom is -0.496 e. The maximum atomic E-state index is 11.8. The van der Waals surface area contributed by atoms with Gasteiger partial charge in [-0.05, 0) is 19.1 Å². The number of aldehydes is 1. The summed E-state index contributed by atoms with van der Waals surface area (Å²) >= 11 is 0. The van der Waals surface area contributed by atoms with Crippen LogP contribution in [-0.4, -0.2) is 13.4 Å². The van der Waals surface area contributed by atoms with E-state index >= 15 is 0 Å². The quantitative estimate of drug-likeness (QED) is 0.722. The highest BCUT2D eigenvalue weighted by atomic mass is 16.5. The Morgan fingerprint density at radius 3 is 2.75 bits per heavy atom. The standard InChI is InChI=1S/C12H10O4/c1-7-10(15-2)4-3-9-11(14)8(5-13)6-16-12(7)9/h3-6H,1-2H3.